The number of hydrogen-bond donors (Lipinski definition) is 3. The molecule has 1 aromatic carbocycles. The summed E-state index contributed by atoms with van der Waals surface area (Å²) in [5.41, 5.74) is 0.850. The summed E-state index contributed by atoms with van der Waals surface area (Å²) in [6, 6.07) is 6.25. The summed E-state index contributed by atoms with van der Waals surface area (Å²) in [6.07, 6.45) is 3.90. The van der Waals surface area contributed by atoms with Gasteiger partial charge in [-0.05, 0) is 32.3 Å². The van der Waals surface area contributed by atoms with Gasteiger partial charge in [0.05, 0.1) is 0 Å². The van der Waals surface area contributed by atoms with Crippen LogP contribution in [0.25, 0.3) is 0 Å². The molecule has 0 aromatic heterocycles. The van der Waals surface area contributed by atoms with Crippen LogP contribution in [0.15, 0.2) is 18.2 Å². The molecule has 0 bridgehead atoms. The van der Waals surface area contributed by atoms with E-state index in [1.165, 1.54) is 31.9 Å². The predicted molar refractivity (Wildman–Crippen MR) is 74.3 cm³/mol. The molecule has 3 N–H and O–H groups in total. The summed E-state index contributed by atoms with van der Waals surface area (Å²) in [7, 11) is 0. The van der Waals surface area contributed by atoms with Crippen molar-refractivity contribution in [3.05, 3.63) is 23.8 Å². The molecule has 1 aliphatic heterocycles. The Bertz CT molecular complexity index is 459. The van der Waals surface area contributed by atoms with Crippen LogP contribution in [0, 0.1) is 0 Å². The Labute approximate surface area is 114 Å². The topological polar surface area (TPSA) is 55.7 Å². The van der Waals surface area contributed by atoms with Crippen molar-refractivity contribution < 1.29 is 10.2 Å². The highest BCUT2D eigenvalue weighted by Gasteiger charge is 2.34. The fourth-order valence-corrected chi connectivity index (χ4v) is 3.04. The molecule has 0 amide bonds. The van der Waals surface area contributed by atoms with Crippen molar-refractivity contribution in [1.82, 2.24) is 10.2 Å². The lowest BCUT2D eigenvalue weighted by Crippen LogP contribution is -2.34. The zero-order valence-corrected chi connectivity index (χ0v) is 11.3. The first-order chi connectivity index (χ1) is 9.13. The van der Waals surface area contributed by atoms with Crippen LogP contribution in [-0.4, -0.2) is 40.3 Å². The Hall–Kier alpha value is -1.26. The fourth-order valence-electron chi connectivity index (χ4n) is 3.04. The molecule has 1 aliphatic carbocycles. The maximum atomic E-state index is 9.88. The third kappa shape index (κ3) is 2.85. The first kappa shape index (κ1) is 12.8. The minimum Gasteiger partial charge on any atom is -0.508 e. The molecule has 1 aromatic rings. The SMILES string of the molecule is CC(NC1CCN(C2CC2)C1)c1ccc(O)cc1O. The number of likely N-dealkylation sites (tertiary alicyclic amines) is 1. The van der Waals surface area contributed by atoms with Crippen molar-refractivity contribution in [1.29, 1.82) is 0 Å². The second kappa shape index (κ2) is 5.02. The number of phenolic OH excluding ortho intramolecular Hbond substituents is 2. The number of hydrogen-bond acceptors (Lipinski definition) is 4. The monoisotopic (exact) mass is 262 g/mol. The zero-order valence-electron chi connectivity index (χ0n) is 11.3. The zero-order chi connectivity index (χ0) is 13.4. The lowest BCUT2D eigenvalue weighted by Gasteiger charge is -2.21. The molecule has 1 saturated heterocycles. The van der Waals surface area contributed by atoms with E-state index in [1.54, 1.807) is 12.1 Å². The van der Waals surface area contributed by atoms with E-state index in [2.05, 4.69) is 17.1 Å². The molecule has 0 radical (unpaired) electrons. The molecule has 2 aliphatic rings. The smallest absolute Gasteiger partial charge is 0.124 e. The van der Waals surface area contributed by atoms with Gasteiger partial charge in [-0.1, -0.05) is 6.07 Å². The van der Waals surface area contributed by atoms with Gasteiger partial charge < -0.3 is 15.5 Å². The van der Waals surface area contributed by atoms with E-state index in [0.29, 0.717) is 6.04 Å². The van der Waals surface area contributed by atoms with Crippen molar-refractivity contribution >= 4 is 0 Å². The van der Waals surface area contributed by atoms with E-state index in [0.717, 1.165) is 18.2 Å². The number of aromatic hydroxyl groups is 2. The number of benzene rings is 1. The third-order valence-electron chi connectivity index (χ3n) is 4.25. The fraction of sp³-hybridized carbons (Fsp3) is 0.600. The maximum absolute atomic E-state index is 9.88. The third-order valence-corrected chi connectivity index (χ3v) is 4.25. The van der Waals surface area contributed by atoms with Crippen LogP contribution in [0.5, 0.6) is 11.5 Å². The predicted octanol–water partition coefficient (Wildman–Crippen LogP) is 1.99. The first-order valence-corrected chi connectivity index (χ1v) is 7.15. The van der Waals surface area contributed by atoms with Crippen LogP contribution in [0.3, 0.4) is 0 Å². The van der Waals surface area contributed by atoms with Crippen molar-refractivity contribution in [2.45, 2.75) is 44.3 Å². The first-order valence-electron chi connectivity index (χ1n) is 7.15. The molecule has 4 heteroatoms. The summed E-state index contributed by atoms with van der Waals surface area (Å²) in [5, 5.41) is 22.8. The normalized spacial score (nSPS) is 25.6. The van der Waals surface area contributed by atoms with Gasteiger partial charge in [-0.2, -0.15) is 0 Å². The van der Waals surface area contributed by atoms with E-state index in [1.807, 2.05) is 0 Å². The van der Waals surface area contributed by atoms with Gasteiger partial charge in [0, 0.05) is 42.8 Å². The quantitative estimate of drug-likeness (QED) is 0.776. The molecule has 2 fully saturated rings. The van der Waals surface area contributed by atoms with Crippen LogP contribution >= 0.6 is 0 Å². The molecule has 19 heavy (non-hydrogen) atoms. The second-order valence-corrected chi connectivity index (χ2v) is 5.84. The average Bonchev–Trinajstić information content (AvgIpc) is 3.10. The summed E-state index contributed by atoms with van der Waals surface area (Å²) >= 11 is 0. The summed E-state index contributed by atoms with van der Waals surface area (Å²) in [5.74, 6) is 0.270. The summed E-state index contributed by atoms with van der Waals surface area (Å²) in [4.78, 5) is 2.57. The standard InChI is InChI=1S/C15H22N2O2/c1-10(14-5-4-13(18)8-15(14)19)16-11-6-7-17(9-11)12-2-3-12/h4-5,8,10-12,16,18-19H,2-3,6-7,9H2,1H3. The molecule has 104 valence electrons. The molecule has 3 rings (SSSR count). The Kier molecular flexibility index (Phi) is 3.37. The molecule has 1 heterocycles. The van der Waals surface area contributed by atoms with Gasteiger partial charge in [0.2, 0.25) is 0 Å². The number of rotatable bonds is 4. The minimum atomic E-state index is 0.102. The van der Waals surface area contributed by atoms with Crippen LogP contribution in [0.2, 0.25) is 0 Å². The molecule has 4 nitrogen and oxygen atoms in total. The van der Waals surface area contributed by atoms with Gasteiger partial charge in [-0.3, -0.25) is 4.90 Å². The lowest BCUT2D eigenvalue weighted by molar-refractivity contribution is 0.313. The van der Waals surface area contributed by atoms with Gasteiger partial charge in [0.1, 0.15) is 11.5 Å². The van der Waals surface area contributed by atoms with E-state index in [9.17, 15) is 10.2 Å². The average molecular weight is 262 g/mol. The minimum absolute atomic E-state index is 0.102. The van der Waals surface area contributed by atoms with E-state index in [4.69, 9.17) is 0 Å². The molecule has 0 spiro atoms. The van der Waals surface area contributed by atoms with E-state index < -0.39 is 0 Å². The Morgan fingerprint density at radius 2 is 2.05 bits per heavy atom. The van der Waals surface area contributed by atoms with Crippen LogP contribution < -0.4 is 5.32 Å². The number of nitrogens with one attached hydrogen (secondary N) is 1. The Morgan fingerprint density at radius 1 is 1.26 bits per heavy atom. The van der Waals surface area contributed by atoms with Crippen LogP contribution in [0.4, 0.5) is 0 Å². The van der Waals surface area contributed by atoms with E-state index >= 15 is 0 Å². The highest BCUT2D eigenvalue weighted by atomic mass is 16.3. The lowest BCUT2D eigenvalue weighted by atomic mass is 10.1. The van der Waals surface area contributed by atoms with Crippen molar-refractivity contribution in [3.8, 4) is 11.5 Å². The van der Waals surface area contributed by atoms with Crippen molar-refractivity contribution in [2.24, 2.45) is 0 Å². The van der Waals surface area contributed by atoms with Gasteiger partial charge in [0.25, 0.3) is 0 Å². The number of nitrogens with zero attached hydrogens (tertiary/aromatic N) is 1. The van der Waals surface area contributed by atoms with Gasteiger partial charge in [0.15, 0.2) is 0 Å². The largest absolute Gasteiger partial charge is 0.508 e. The van der Waals surface area contributed by atoms with Gasteiger partial charge in [-0.15, -0.1) is 0 Å². The molecule has 2 unspecified atom stereocenters. The maximum Gasteiger partial charge on any atom is 0.124 e. The van der Waals surface area contributed by atoms with Crippen LogP contribution in [0.1, 0.15) is 37.8 Å². The number of phenols is 2. The molecular weight excluding hydrogens is 240 g/mol. The Balaban J connectivity index is 1.60. The summed E-state index contributed by atoms with van der Waals surface area (Å²) < 4.78 is 0. The molecule has 2 atom stereocenters. The molecule has 1 saturated carbocycles. The summed E-state index contributed by atoms with van der Waals surface area (Å²) in [6.45, 7) is 4.37. The van der Waals surface area contributed by atoms with Gasteiger partial charge >= 0.3 is 0 Å². The van der Waals surface area contributed by atoms with Crippen molar-refractivity contribution in [3.63, 3.8) is 0 Å². The second-order valence-electron chi connectivity index (χ2n) is 5.84. The highest BCUT2D eigenvalue weighted by Crippen LogP contribution is 2.32. The van der Waals surface area contributed by atoms with E-state index in [-0.39, 0.29) is 17.5 Å². The Morgan fingerprint density at radius 3 is 2.74 bits per heavy atom. The van der Waals surface area contributed by atoms with Crippen molar-refractivity contribution in [2.75, 3.05) is 13.1 Å². The van der Waals surface area contributed by atoms with Crippen LogP contribution in [-0.2, 0) is 0 Å². The van der Waals surface area contributed by atoms with Gasteiger partial charge in [-0.25, -0.2) is 0 Å². The highest BCUT2D eigenvalue weighted by molar-refractivity contribution is 5.40. The molecular formula is C15H22N2O2.